The molecular weight excluding hydrogens is 256 g/mol. The number of hydrogen-bond acceptors (Lipinski definition) is 3. The van der Waals surface area contributed by atoms with Gasteiger partial charge in [0.05, 0.1) is 0 Å². The Hall–Kier alpha value is -0.870. The summed E-state index contributed by atoms with van der Waals surface area (Å²) in [6.07, 6.45) is 4.73. The highest BCUT2D eigenvalue weighted by molar-refractivity contribution is 7.09. The summed E-state index contributed by atoms with van der Waals surface area (Å²) in [5, 5.41) is 2.13. The molecule has 2 aliphatic rings. The molecule has 2 fully saturated rings. The van der Waals surface area contributed by atoms with Crippen molar-refractivity contribution < 1.29 is 4.79 Å². The smallest absolute Gasteiger partial charge is 0.225 e. The van der Waals surface area contributed by atoms with Crippen LogP contribution in [-0.4, -0.2) is 41.9 Å². The molecule has 1 aromatic heterocycles. The molecule has 1 saturated heterocycles. The molecule has 3 nitrogen and oxygen atoms in total. The first-order chi connectivity index (χ1) is 9.33. The third-order valence-electron chi connectivity index (χ3n) is 4.35. The molecule has 104 valence electrons. The van der Waals surface area contributed by atoms with Crippen LogP contribution in [0.25, 0.3) is 0 Å². The molecule has 1 saturated carbocycles. The van der Waals surface area contributed by atoms with E-state index in [0.29, 0.717) is 11.8 Å². The van der Waals surface area contributed by atoms with E-state index in [0.717, 1.165) is 45.6 Å². The number of carbonyl (C=O) groups excluding carboxylic acids is 1. The zero-order chi connectivity index (χ0) is 13.1. The highest BCUT2D eigenvalue weighted by atomic mass is 32.1. The summed E-state index contributed by atoms with van der Waals surface area (Å²) >= 11 is 1.82. The summed E-state index contributed by atoms with van der Waals surface area (Å²) in [5.74, 6) is 0.761. The molecule has 0 aromatic carbocycles. The van der Waals surface area contributed by atoms with E-state index >= 15 is 0 Å². The summed E-state index contributed by atoms with van der Waals surface area (Å²) < 4.78 is 0. The molecule has 0 bridgehead atoms. The molecule has 1 aliphatic heterocycles. The Morgan fingerprint density at radius 1 is 1.21 bits per heavy atom. The standard InChI is InChI=1S/C15H22N2OS/c18-15(13-4-1-2-5-13)17-9-7-16(8-10-17)12-14-6-3-11-19-14/h3,6,11,13H,1-2,4-5,7-10,12H2. The Kier molecular flexibility index (Phi) is 4.18. The summed E-state index contributed by atoms with van der Waals surface area (Å²) in [7, 11) is 0. The molecule has 2 heterocycles. The lowest BCUT2D eigenvalue weighted by molar-refractivity contribution is -0.137. The van der Waals surface area contributed by atoms with Crippen LogP contribution in [0.15, 0.2) is 17.5 Å². The first-order valence-electron chi connectivity index (χ1n) is 7.36. The normalized spacial score (nSPS) is 22.0. The van der Waals surface area contributed by atoms with Crippen molar-refractivity contribution in [3.05, 3.63) is 22.4 Å². The second-order valence-electron chi connectivity index (χ2n) is 5.66. The lowest BCUT2D eigenvalue weighted by Gasteiger charge is -2.35. The highest BCUT2D eigenvalue weighted by Gasteiger charge is 2.29. The average molecular weight is 278 g/mol. The predicted octanol–water partition coefficient (Wildman–Crippen LogP) is 2.58. The van der Waals surface area contributed by atoms with Crippen LogP contribution in [0.1, 0.15) is 30.6 Å². The van der Waals surface area contributed by atoms with Gasteiger partial charge in [0.15, 0.2) is 0 Å². The Morgan fingerprint density at radius 2 is 1.95 bits per heavy atom. The molecular formula is C15H22N2OS. The fraction of sp³-hybridized carbons (Fsp3) is 0.667. The minimum absolute atomic E-state index is 0.337. The fourth-order valence-electron chi connectivity index (χ4n) is 3.18. The van der Waals surface area contributed by atoms with Gasteiger partial charge >= 0.3 is 0 Å². The summed E-state index contributed by atoms with van der Waals surface area (Å²) in [4.78, 5) is 18.3. The molecule has 0 unspecified atom stereocenters. The van der Waals surface area contributed by atoms with Gasteiger partial charge in [-0.25, -0.2) is 0 Å². The van der Waals surface area contributed by atoms with Gasteiger partial charge < -0.3 is 4.90 Å². The molecule has 0 N–H and O–H groups in total. The highest BCUT2D eigenvalue weighted by Crippen LogP contribution is 2.27. The molecule has 1 amide bonds. The van der Waals surface area contributed by atoms with Crippen molar-refractivity contribution in [2.45, 2.75) is 32.2 Å². The zero-order valence-electron chi connectivity index (χ0n) is 11.4. The van der Waals surface area contributed by atoms with Gasteiger partial charge in [0, 0.05) is 43.5 Å². The summed E-state index contributed by atoms with van der Waals surface area (Å²) in [6.45, 7) is 4.93. The van der Waals surface area contributed by atoms with E-state index in [2.05, 4.69) is 27.3 Å². The van der Waals surface area contributed by atoms with Crippen LogP contribution < -0.4 is 0 Å². The van der Waals surface area contributed by atoms with E-state index in [9.17, 15) is 4.79 Å². The Balaban J connectivity index is 1.47. The van der Waals surface area contributed by atoms with E-state index in [1.165, 1.54) is 17.7 Å². The topological polar surface area (TPSA) is 23.6 Å². The minimum Gasteiger partial charge on any atom is -0.340 e. The van der Waals surface area contributed by atoms with Crippen LogP contribution in [-0.2, 0) is 11.3 Å². The van der Waals surface area contributed by atoms with Gasteiger partial charge in [0.1, 0.15) is 0 Å². The Bertz CT molecular complexity index is 404. The van der Waals surface area contributed by atoms with Crippen molar-refractivity contribution in [2.24, 2.45) is 5.92 Å². The van der Waals surface area contributed by atoms with E-state index in [4.69, 9.17) is 0 Å². The first-order valence-corrected chi connectivity index (χ1v) is 8.24. The lowest BCUT2D eigenvalue weighted by atomic mass is 10.1. The maximum atomic E-state index is 12.3. The number of thiophene rings is 1. The molecule has 19 heavy (non-hydrogen) atoms. The van der Waals surface area contributed by atoms with Gasteiger partial charge in [0.2, 0.25) is 5.91 Å². The number of rotatable bonds is 3. The van der Waals surface area contributed by atoms with Crippen molar-refractivity contribution in [3.8, 4) is 0 Å². The van der Waals surface area contributed by atoms with E-state index in [1.54, 1.807) is 0 Å². The number of amides is 1. The van der Waals surface area contributed by atoms with Crippen LogP contribution >= 0.6 is 11.3 Å². The molecule has 0 radical (unpaired) electrons. The number of hydrogen-bond donors (Lipinski definition) is 0. The van der Waals surface area contributed by atoms with Crippen LogP contribution in [0.5, 0.6) is 0 Å². The van der Waals surface area contributed by atoms with Gasteiger partial charge in [0.25, 0.3) is 0 Å². The van der Waals surface area contributed by atoms with Crippen LogP contribution in [0.4, 0.5) is 0 Å². The van der Waals surface area contributed by atoms with Gasteiger partial charge in [-0.3, -0.25) is 9.69 Å². The van der Waals surface area contributed by atoms with E-state index in [-0.39, 0.29) is 0 Å². The Labute approximate surface area is 119 Å². The molecule has 4 heteroatoms. The second kappa shape index (κ2) is 6.06. The molecule has 1 aliphatic carbocycles. The predicted molar refractivity (Wildman–Crippen MR) is 78.1 cm³/mol. The second-order valence-corrected chi connectivity index (χ2v) is 6.69. The molecule has 3 rings (SSSR count). The zero-order valence-corrected chi connectivity index (χ0v) is 12.2. The van der Waals surface area contributed by atoms with Crippen molar-refractivity contribution in [3.63, 3.8) is 0 Å². The van der Waals surface area contributed by atoms with Crippen molar-refractivity contribution in [1.29, 1.82) is 0 Å². The van der Waals surface area contributed by atoms with Crippen LogP contribution in [0.2, 0.25) is 0 Å². The van der Waals surface area contributed by atoms with Gasteiger partial charge in [-0.15, -0.1) is 11.3 Å². The van der Waals surface area contributed by atoms with Crippen LogP contribution in [0, 0.1) is 5.92 Å². The molecule has 0 spiro atoms. The van der Waals surface area contributed by atoms with Gasteiger partial charge in [-0.1, -0.05) is 18.9 Å². The van der Waals surface area contributed by atoms with E-state index < -0.39 is 0 Å². The maximum Gasteiger partial charge on any atom is 0.225 e. The number of nitrogens with zero attached hydrogens (tertiary/aromatic N) is 2. The monoisotopic (exact) mass is 278 g/mol. The van der Waals surface area contributed by atoms with Gasteiger partial charge in [-0.05, 0) is 24.3 Å². The fourth-order valence-corrected chi connectivity index (χ4v) is 3.93. The average Bonchev–Trinajstić information content (AvgIpc) is 3.12. The van der Waals surface area contributed by atoms with Crippen molar-refractivity contribution >= 4 is 17.2 Å². The quantitative estimate of drug-likeness (QED) is 0.848. The minimum atomic E-state index is 0.337. The summed E-state index contributed by atoms with van der Waals surface area (Å²) in [5.41, 5.74) is 0. The van der Waals surface area contributed by atoms with E-state index in [1.807, 2.05) is 11.3 Å². The van der Waals surface area contributed by atoms with Gasteiger partial charge in [-0.2, -0.15) is 0 Å². The first kappa shape index (κ1) is 13.1. The maximum absolute atomic E-state index is 12.3. The summed E-state index contributed by atoms with van der Waals surface area (Å²) in [6, 6.07) is 4.31. The Morgan fingerprint density at radius 3 is 2.58 bits per heavy atom. The molecule has 1 aromatic rings. The largest absolute Gasteiger partial charge is 0.340 e. The number of piperazine rings is 1. The molecule has 0 atom stereocenters. The SMILES string of the molecule is O=C(C1CCCC1)N1CCN(Cc2cccs2)CC1. The van der Waals surface area contributed by atoms with Crippen molar-refractivity contribution in [1.82, 2.24) is 9.80 Å². The lowest BCUT2D eigenvalue weighted by Crippen LogP contribution is -2.49. The van der Waals surface area contributed by atoms with Crippen molar-refractivity contribution in [2.75, 3.05) is 26.2 Å². The number of carbonyl (C=O) groups is 1. The third kappa shape index (κ3) is 3.18. The third-order valence-corrected chi connectivity index (χ3v) is 5.21. The van der Waals surface area contributed by atoms with Crippen LogP contribution in [0.3, 0.4) is 0 Å².